The van der Waals surface area contributed by atoms with E-state index in [2.05, 4.69) is 208 Å². The highest BCUT2D eigenvalue weighted by Crippen LogP contribution is 2.42. The summed E-state index contributed by atoms with van der Waals surface area (Å²) in [5, 5.41) is 20.4. The van der Waals surface area contributed by atoms with Gasteiger partial charge < -0.3 is 5.32 Å². The number of dihydropyridines is 1. The van der Waals surface area contributed by atoms with Crippen LogP contribution < -0.4 is 21.3 Å². The minimum Gasteiger partial charge on any atom is -0.367 e. The summed E-state index contributed by atoms with van der Waals surface area (Å²) in [6.07, 6.45) is 4.47. The average molecular weight is 686 g/mol. The fourth-order valence-corrected chi connectivity index (χ4v) is 8.19. The molecule has 7 aromatic carbocycles. The maximum Gasteiger partial charge on any atom is 0.111 e. The first-order valence-electron chi connectivity index (χ1n) is 18.4. The van der Waals surface area contributed by atoms with Crippen LogP contribution >= 0.6 is 0 Å². The van der Waals surface area contributed by atoms with Crippen LogP contribution in [0.2, 0.25) is 0 Å². The van der Waals surface area contributed by atoms with Crippen molar-refractivity contribution in [2.24, 2.45) is 0 Å². The number of nitrogens with zero attached hydrogens (tertiary/aromatic N) is 1. The van der Waals surface area contributed by atoms with Gasteiger partial charge in [0.05, 0.1) is 29.5 Å². The predicted octanol–water partition coefficient (Wildman–Crippen LogP) is 10.1. The van der Waals surface area contributed by atoms with E-state index in [4.69, 9.17) is 0 Å². The molecule has 256 valence electrons. The van der Waals surface area contributed by atoms with Crippen LogP contribution in [-0.4, -0.2) is 17.3 Å². The van der Waals surface area contributed by atoms with E-state index in [1.165, 1.54) is 71.5 Å². The zero-order valence-corrected chi connectivity index (χ0v) is 29.2. The summed E-state index contributed by atoms with van der Waals surface area (Å²) in [6, 6.07) is 60.9. The molecule has 0 radical (unpaired) electrons. The monoisotopic (exact) mass is 685 g/mol. The van der Waals surface area contributed by atoms with E-state index >= 15 is 0 Å². The first-order chi connectivity index (χ1) is 26.3. The van der Waals surface area contributed by atoms with E-state index < -0.39 is 0 Å². The molecule has 1 saturated heterocycles. The summed E-state index contributed by atoms with van der Waals surface area (Å²) < 4.78 is 2.44. The largest absolute Gasteiger partial charge is 0.367 e. The lowest BCUT2D eigenvalue weighted by Gasteiger charge is -2.41. The van der Waals surface area contributed by atoms with Gasteiger partial charge in [-0.1, -0.05) is 164 Å². The SMILES string of the molecule is C1=C(C2NC(c3ccccc3)NC(c3ccccc3)N2)CNC(n2c3cc(-c4ccccc4)ccc3c3c4ccccc4c(-c4ccccc4)cc32)=C1. The Morgan fingerprint density at radius 2 is 1.00 bits per heavy atom. The summed E-state index contributed by atoms with van der Waals surface area (Å²) in [7, 11) is 0. The van der Waals surface area contributed by atoms with Crippen molar-refractivity contribution < 1.29 is 0 Å². The summed E-state index contributed by atoms with van der Waals surface area (Å²) >= 11 is 0. The number of allylic oxidation sites excluding steroid dienone is 2. The van der Waals surface area contributed by atoms with Gasteiger partial charge in [0.2, 0.25) is 0 Å². The van der Waals surface area contributed by atoms with Gasteiger partial charge >= 0.3 is 0 Å². The third-order valence-corrected chi connectivity index (χ3v) is 10.8. The highest BCUT2D eigenvalue weighted by atomic mass is 15.4. The molecule has 0 saturated carbocycles. The van der Waals surface area contributed by atoms with Gasteiger partial charge in [0.1, 0.15) is 5.82 Å². The maximum absolute atomic E-state index is 3.88. The van der Waals surface area contributed by atoms with Crippen molar-refractivity contribution in [2.45, 2.75) is 18.5 Å². The lowest BCUT2D eigenvalue weighted by molar-refractivity contribution is 0.220. The molecule has 5 heteroatoms. The lowest BCUT2D eigenvalue weighted by Crippen LogP contribution is -2.60. The maximum atomic E-state index is 3.88. The molecule has 5 nitrogen and oxygen atoms in total. The van der Waals surface area contributed by atoms with Gasteiger partial charge in [-0.25, -0.2) is 0 Å². The molecule has 0 amide bonds. The summed E-state index contributed by atoms with van der Waals surface area (Å²) in [5.41, 5.74) is 10.9. The Hall–Kier alpha value is -6.24. The second-order valence-corrected chi connectivity index (χ2v) is 13.9. The predicted molar refractivity (Wildman–Crippen MR) is 220 cm³/mol. The van der Waals surface area contributed by atoms with Crippen LogP contribution in [0.1, 0.15) is 23.5 Å². The van der Waals surface area contributed by atoms with Gasteiger partial charge in [-0.05, 0) is 67.9 Å². The number of benzene rings is 7. The Morgan fingerprint density at radius 1 is 0.434 bits per heavy atom. The fourth-order valence-electron chi connectivity index (χ4n) is 8.19. The molecular formula is C48H39N5. The van der Waals surface area contributed by atoms with Gasteiger partial charge in [0.15, 0.2) is 0 Å². The minimum atomic E-state index is -0.0478. The molecule has 0 aliphatic carbocycles. The molecule has 3 heterocycles. The average Bonchev–Trinajstić information content (AvgIpc) is 3.58. The van der Waals surface area contributed by atoms with E-state index in [0.717, 1.165) is 5.82 Å². The standard InChI is InChI=1S/C48H39N5/c1-5-15-32(16-6-1)36-25-27-40-42(29-36)53(43-30-41(33-17-7-2-8-18-33)38-23-13-14-24-39(38)45(40)43)44-28-26-37(31-49-44)48-51-46(34-19-9-3-10-20-34)50-47(52-48)35-21-11-4-12-22-35/h1-30,46-52H,31H2. The van der Waals surface area contributed by atoms with Crippen LogP contribution in [-0.2, 0) is 0 Å². The normalized spacial score (nSPS) is 18.8. The molecule has 10 rings (SSSR count). The molecule has 2 atom stereocenters. The molecule has 4 N–H and O–H groups in total. The summed E-state index contributed by atoms with van der Waals surface area (Å²) in [6.45, 7) is 0.693. The molecule has 2 aliphatic rings. The second kappa shape index (κ2) is 13.4. The number of rotatable bonds is 6. The van der Waals surface area contributed by atoms with Crippen LogP contribution in [0, 0.1) is 0 Å². The highest BCUT2D eigenvalue weighted by Gasteiger charge is 2.31. The summed E-state index contributed by atoms with van der Waals surface area (Å²) in [4.78, 5) is 0. The number of aromatic nitrogens is 1. The van der Waals surface area contributed by atoms with Crippen LogP contribution in [0.3, 0.4) is 0 Å². The third-order valence-electron chi connectivity index (χ3n) is 10.8. The minimum absolute atomic E-state index is 0.0163. The van der Waals surface area contributed by atoms with Crippen LogP contribution in [0.5, 0.6) is 0 Å². The van der Waals surface area contributed by atoms with Gasteiger partial charge in [-0.15, -0.1) is 0 Å². The lowest BCUT2D eigenvalue weighted by atomic mass is 9.94. The van der Waals surface area contributed by atoms with Gasteiger partial charge in [0, 0.05) is 17.3 Å². The number of nitrogens with one attached hydrogen (secondary N) is 4. The van der Waals surface area contributed by atoms with Crippen molar-refractivity contribution in [1.29, 1.82) is 0 Å². The van der Waals surface area contributed by atoms with Crippen molar-refractivity contribution in [3.05, 3.63) is 199 Å². The molecule has 2 unspecified atom stereocenters. The molecular weight excluding hydrogens is 647 g/mol. The highest BCUT2D eigenvalue weighted by molar-refractivity contribution is 6.24. The van der Waals surface area contributed by atoms with Crippen molar-refractivity contribution in [3.8, 4) is 22.3 Å². The molecule has 2 aliphatic heterocycles. The van der Waals surface area contributed by atoms with Crippen LogP contribution in [0.15, 0.2) is 188 Å². The van der Waals surface area contributed by atoms with Gasteiger partial charge in [0.25, 0.3) is 0 Å². The third kappa shape index (κ3) is 5.72. The van der Waals surface area contributed by atoms with Crippen LogP contribution in [0.4, 0.5) is 0 Å². The molecule has 53 heavy (non-hydrogen) atoms. The Labute approximate surface area is 309 Å². The summed E-state index contributed by atoms with van der Waals surface area (Å²) in [5.74, 6) is 1.06. The first kappa shape index (κ1) is 31.5. The topological polar surface area (TPSA) is 53.0 Å². The number of fused-ring (bicyclic) bond motifs is 5. The van der Waals surface area contributed by atoms with Crippen LogP contribution in [0.25, 0.3) is 60.7 Å². The van der Waals surface area contributed by atoms with E-state index in [1.807, 2.05) is 0 Å². The van der Waals surface area contributed by atoms with E-state index in [0.29, 0.717) is 6.54 Å². The Kier molecular flexibility index (Phi) is 7.95. The van der Waals surface area contributed by atoms with Gasteiger partial charge in [-0.2, -0.15) is 0 Å². The quantitative estimate of drug-likeness (QED) is 0.141. The Bertz CT molecular complexity index is 2600. The molecule has 8 aromatic rings. The Morgan fingerprint density at radius 3 is 1.62 bits per heavy atom. The smallest absolute Gasteiger partial charge is 0.111 e. The van der Waals surface area contributed by atoms with E-state index in [9.17, 15) is 0 Å². The number of hydrogen-bond donors (Lipinski definition) is 4. The van der Waals surface area contributed by atoms with Crippen molar-refractivity contribution in [3.63, 3.8) is 0 Å². The van der Waals surface area contributed by atoms with Crippen molar-refractivity contribution in [2.75, 3.05) is 6.54 Å². The van der Waals surface area contributed by atoms with Gasteiger partial charge in [-0.3, -0.25) is 20.5 Å². The molecule has 1 aromatic heterocycles. The number of hydrogen-bond acceptors (Lipinski definition) is 4. The zero-order chi connectivity index (χ0) is 35.1. The van der Waals surface area contributed by atoms with E-state index in [1.54, 1.807) is 0 Å². The first-order valence-corrected chi connectivity index (χ1v) is 18.4. The molecule has 0 bridgehead atoms. The van der Waals surface area contributed by atoms with Crippen molar-refractivity contribution >= 4 is 38.4 Å². The van der Waals surface area contributed by atoms with E-state index in [-0.39, 0.29) is 18.5 Å². The second-order valence-electron chi connectivity index (χ2n) is 13.9. The zero-order valence-electron chi connectivity index (χ0n) is 29.2. The molecule has 0 spiro atoms. The fraction of sp³-hybridized carbons (Fsp3) is 0.0833. The molecule has 1 fully saturated rings. The Balaban J connectivity index is 1.13. The van der Waals surface area contributed by atoms with Crippen molar-refractivity contribution in [1.82, 2.24) is 25.8 Å².